The predicted molar refractivity (Wildman–Crippen MR) is 293 cm³/mol. The van der Waals surface area contributed by atoms with E-state index in [4.69, 9.17) is 53.4 Å². The van der Waals surface area contributed by atoms with Crippen LogP contribution in [-0.2, 0) is 12.8 Å². The van der Waals surface area contributed by atoms with E-state index in [1.807, 2.05) is 72.8 Å². The fourth-order valence-corrected chi connectivity index (χ4v) is 16.8. The van der Waals surface area contributed by atoms with Crippen molar-refractivity contribution in [2.24, 2.45) is 9.98 Å². The summed E-state index contributed by atoms with van der Waals surface area (Å²) in [7, 11) is 6.73. The van der Waals surface area contributed by atoms with Crippen molar-refractivity contribution in [3.05, 3.63) is 186 Å². The van der Waals surface area contributed by atoms with Crippen LogP contribution >= 0.6 is 94.2 Å². The van der Waals surface area contributed by atoms with Crippen molar-refractivity contribution in [2.45, 2.75) is 33.4 Å². The maximum atomic E-state index is 6.11. The van der Waals surface area contributed by atoms with Crippen molar-refractivity contribution in [3.63, 3.8) is 0 Å². The predicted octanol–water partition coefficient (Wildman–Crippen LogP) is 15.9. The normalized spacial score (nSPS) is 16.6. The molecule has 0 fully saturated rings. The van der Waals surface area contributed by atoms with Crippen LogP contribution in [0, 0.1) is 7.91 Å². The van der Waals surface area contributed by atoms with Crippen molar-refractivity contribution in [1.29, 1.82) is 0 Å². The summed E-state index contributed by atoms with van der Waals surface area (Å²) in [4.78, 5) is 12.6. The van der Waals surface area contributed by atoms with E-state index in [1.54, 1.807) is 98.2 Å². The molecule has 0 radical (unpaired) electrons. The number of aryl methyl sites for hydroxylation is 2. The Morgan fingerprint density at radius 3 is 1.09 bits per heavy atom. The fourth-order valence-electron chi connectivity index (χ4n) is 7.77. The first-order chi connectivity index (χ1) is 33.3. The highest BCUT2D eigenvalue weighted by Crippen LogP contribution is 2.54. The molecule has 0 saturated carbocycles. The molecule has 342 valence electrons. The Bertz CT molecular complexity index is 3030. The summed E-state index contributed by atoms with van der Waals surface area (Å²) in [6, 6.07) is 49.9. The number of hydrogen-bond donors (Lipinski definition) is 0. The van der Waals surface area contributed by atoms with Gasteiger partial charge in [-0.15, -0.1) is 22.7 Å². The van der Waals surface area contributed by atoms with Crippen LogP contribution in [0.4, 0.5) is 11.4 Å². The standard InChI is InChI=1S/C52H42N4O4S8/c1-57-39-23-11-33(12-24-39)43-45-47(67-49(63-43)53-35-15-27-41(59-3)28-16-35)55(51(61)65-45)37-19-7-31(8-20-37)5-6-32-9-21-38(22-10-32)56-48-46(66-52(56)62)44(34-13-25-40(58-2)26-14-34)64-50(68-48)54-36-17-29-42(60-4)30-18-36/h7-30,43-44H,5-6H2,1-4H3/t43-,44-/m1/s1. The number of ether oxygens (including phenoxy) is 4. The number of thioether (sulfide) groups is 4. The molecule has 8 aromatic rings. The van der Waals surface area contributed by atoms with Crippen LogP contribution in [0.25, 0.3) is 11.4 Å². The number of benzene rings is 6. The third-order valence-electron chi connectivity index (χ3n) is 11.4. The van der Waals surface area contributed by atoms with Crippen LogP contribution < -0.4 is 18.9 Å². The second kappa shape index (κ2) is 20.9. The molecule has 16 heteroatoms. The van der Waals surface area contributed by atoms with Crippen LogP contribution in [-0.4, -0.2) is 46.3 Å². The highest BCUT2D eigenvalue weighted by Gasteiger charge is 2.34. The second-order valence-electron chi connectivity index (χ2n) is 15.5. The molecule has 0 saturated heterocycles. The van der Waals surface area contributed by atoms with Crippen LogP contribution in [0.15, 0.2) is 166 Å². The topological polar surface area (TPSA) is 71.5 Å². The SMILES string of the molecule is COc1ccc(N=C2Sc3c(sc(=S)n3-c3ccc(CCc4ccc(-n5c6c(sc5=S)[C@@H](c5ccc(OC)cc5)SC(=Nc5ccc(OC)cc5)S6)cc4)cc3)[C@@H](c3ccc(OC)cc3)S2)cc1. The molecule has 2 aliphatic rings. The van der Waals surface area contributed by atoms with Gasteiger partial charge < -0.3 is 18.9 Å². The van der Waals surface area contributed by atoms with E-state index in [9.17, 15) is 0 Å². The highest BCUT2D eigenvalue weighted by atomic mass is 32.2. The van der Waals surface area contributed by atoms with Crippen molar-refractivity contribution >= 4 is 114 Å². The lowest BCUT2D eigenvalue weighted by Gasteiger charge is -2.24. The summed E-state index contributed by atoms with van der Waals surface area (Å²) >= 11 is 22.4. The maximum Gasteiger partial charge on any atom is 0.166 e. The van der Waals surface area contributed by atoms with Crippen LogP contribution in [0.1, 0.15) is 42.5 Å². The van der Waals surface area contributed by atoms with Gasteiger partial charge in [-0.05, 0) is 180 Å². The molecule has 6 aromatic carbocycles. The van der Waals surface area contributed by atoms with Crippen molar-refractivity contribution in [2.75, 3.05) is 28.4 Å². The van der Waals surface area contributed by atoms with Gasteiger partial charge in [-0.25, -0.2) is 9.98 Å². The summed E-state index contributed by atoms with van der Waals surface area (Å²) in [6.07, 6.45) is 1.79. The summed E-state index contributed by atoms with van der Waals surface area (Å²) < 4.78 is 29.7. The molecular weight excluding hydrogens is 1000 g/mol. The minimum absolute atomic E-state index is 0.0273. The van der Waals surface area contributed by atoms with Gasteiger partial charge in [0, 0.05) is 11.4 Å². The van der Waals surface area contributed by atoms with E-state index in [0.29, 0.717) is 0 Å². The van der Waals surface area contributed by atoms with Crippen LogP contribution in [0.3, 0.4) is 0 Å². The average molecular weight is 1040 g/mol. The Morgan fingerprint density at radius 2 is 0.765 bits per heavy atom. The van der Waals surface area contributed by atoms with Crippen molar-refractivity contribution in [1.82, 2.24) is 9.13 Å². The van der Waals surface area contributed by atoms with Gasteiger partial charge in [-0.1, -0.05) is 72.1 Å². The molecule has 4 heterocycles. The van der Waals surface area contributed by atoms with E-state index in [-0.39, 0.29) is 10.5 Å². The number of aromatic nitrogens is 2. The number of hydrogen-bond acceptors (Lipinski definition) is 14. The van der Waals surface area contributed by atoms with E-state index in [0.717, 1.165) is 85.3 Å². The first kappa shape index (κ1) is 46.7. The summed E-state index contributed by atoms with van der Waals surface area (Å²) in [5.41, 5.74) is 8.67. The Labute approximate surface area is 430 Å². The van der Waals surface area contributed by atoms with E-state index >= 15 is 0 Å². The zero-order valence-electron chi connectivity index (χ0n) is 37.1. The van der Waals surface area contributed by atoms with Crippen LogP contribution in [0.2, 0.25) is 0 Å². The summed E-state index contributed by atoms with van der Waals surface area (Å²) in [6.45, 7) is 0. The molecule has 2 atom stereocenters. The van der Waals surface area contributed by atoms with Crippen molar-refractivity contribution < 1.29 is 18.9 Å². The number of fused-ring (bicyclic) bond motifs is 2. The lowest BCUT2D eigenvalue weighted by molar-refractivity contribution is 0.414. The largest absolute Gasteiger partial charge is 0.497 e. The molecule has 2 aromatic heterocycles. The number of thiazole rings is 2. The Balaban J connectivity index is 0.883. The molecule has 0 spiro atoms. The number of methoxy groups -OCH3 is 4. The molecule has 0 unspecified atom stereocenters. The number of nitrogens with zero attached hydrogens (tertiary/aromatic N) is 4. The van der Waals surface area contributed by atoms with Gasteiger partial charge in [0.2, 0.25) is 0 Å². The van der Waals surface area contributed by atoms with Crippen LogP contribution in [0.5, 0.6) is 23.0 Å². The molecule has 0 amide bonds. The van der Waals surface area contributed by atoms with Gasteiger partial charge in [0.25, 0.3) is 0 Å². The Hall–Kier alpha value is -5.04. The Kier molecular flexibility index (Phi) is 14.3. The molecule has 10 rings (SSSR count). The zero-order chi connectivity index (χ0) is 46.7. The van der Waals surface area contributed by atoms with Crippen molar-refractivity contribution in [3.8, 4) is 34.4 Å². The van der Waals surface area contributed by atoms with E-state index in [1.165, 1.54) is 32.0 Å². The van der Waals surface area contributed by atoms with Gasteiger partial charge in [0.05, 0.1) is 60.1 Å². The van der Waals surface area contributed by atoms with Gasteiger partial charge in [0.15, 0.2) is 7.91 Å². The third-order valence-corrected chi connectivity index (χ3v) is 19.7. The Morgan fingerprint density at radius 1 is 0.441 bits per heavy atom. The molecule has 8 nitrogen and oxygen atoms in total. The fraction of sp³-hybridized carbons (Fsp3) is 0.154. The average Bonchev–Trinajstić information content (AvgIpc) is 3.90. The number of aliphatic imine (C=N–C) groups is 2. The quantitative estimate of drug-likeness (QED) is 0.104. The number of rotatable bonds is 13. The lowest BCUT2D eigenvalue weighted by Crippen LogP contribution is -2.08. The highest BCUT2D eigenvalue weighted by molar-refractivity contribution is 8.40. The van der Waals surface area contributed by atoms with Gasteiger partial charge in [-0.2, -0.15) is 0 Å². The summed E-state index contributed by atoms with van der Waals surface area (Å²) in [5.74, 6) is 3.25. The van der Waals surface area contributed by atoms with E-state index < -0.39 is 0 Å². The maximum absolute atomic E-state index is 6.11. The zero-order valence-corrected chi connectivity index (χ0v) is 43.6. The van der Waals surface area contributed by atoms with Gasteiger partial charge in [0.1, 0.15) is 41.8 Å². The second-order valence-corrected chi connectivity index (χ2v) is 23.5. The minimum Gasteiger partial charge on any atom is -0.497 e. The molecule has 0 N–H and O–H groups in total. The molecule has 0 bridgehead atoms. The van der Waals surface area contributed by atoms with Gasteiger partial charge >= 0.3 is 0 Å². The lowest BCUT2D eigenvalue weighted by atomic mass is 10.0. The first-order valence-corrected chi connectivity index (χ1v) is 27.2. The third kappa shape index (κ3) is 10.0. The molecule has 2 aliphatic heterocycles. The smallest absolute Gasteiger partial charge is 0.166 e. The minimum atomic E-state index is 0.0273. The van der Waals surface area contributed by atoms with Gasteiger partial charge in [-0.3, -0.25) is 9.13 Å². The summed E-state index contributed by atoms with van der Waals surface area (Å²) in [5, 5.41) is 2.25. The molecular formula is C52H42N4O4S8. The molecule has 68 heavy (non-hydrogen) atoms. The van der Waals surface area contributed by atoms with E-state index in [2.05, 4.69) is 81.9 Å². The monoisotopic (exact) mass is 1040 g/mol. The first-order valence-electron chi connectivity index (χ1n) is 21.4. The molecule has 0 aliphatic carbocycles.